The van der Waals surface area contributed by atoms with Crippen LogP contribution in [-0.2, 0) is 0 Å². The van der Waals surface area contributed by atoms with Gasteiger partial charge in [0, 0.05) is 0 Å². The van der Waals surface area contributed by atoms with Crippen LogP contribution >= 0.6 is 27.3 Å². The molecule has 0 amide bonds. The van der Waals surface area contributed by atoms with Gasteiger partial charge in [-0.3, -0.25) is 0 Å². The van der Waals surface area contributed by atoms with Gasteiger partial charge in [0.15, 0.2) is 3.92 Å². The first-order valence-corrected chi connectivity index (χ1v) is 6.00. The third-order valence-corrected chi connectivity index (χ3v) is 3.92. The largest absolute Gasteiger partial charge is 0.229 e. The Balaban J connectivity index is 2.20. The van der Waals surface area contributed by atoms with Gasteiger partial charge < -0.3 is 0 Å². The zero-order chi connectivity index (χ0) is 8.84. The summed E-state index contributed by atoms with van der Waals surface area (Å²) in [6.07, 6.45) is 2.72. The van der Waals surface area contributed by atoms with E-state index in [2.05, 4.69) is 39.1 Å². The first-order valence-electron chi connectivity index (χ1n) is 4.39. The van der Waals surface area contributed by atoms with E-state index in [0.717, 1.165) is 15.4 Å². The summed E-state index contributed by atoms with van der Waals surface area (Å²) in [6, 6.07) is 6.66. The topological polar surface area (TPSA) is 12.9 Å². The van der Waals surface area contributed by atoms with E-state index in [1.807, 2.05) is 0 Å². The predicted octanol–water partition coefficient (Wildman–Crippen LogP) is 3.94. The number of benzene rings is 1. The molecule has 0 N–H and O–H groups in total. The van der Waals surface area contributed by atoms with Crippen molar-refractivity contribution >= 4 is 37.5 Å². The van der Waals surface area contributed by atoms with Crippen LogP contribution in [0.15, 0.2) is 22.1 Å². The molecule has 1 heterocycles. The van der Waals surface area contributed by atoms with Crippen LogP contribution in [0.3, 0.4) is 0 Å². The number of halogens is 1. The number of aromatic nitrogens is 1. The van der Waals surface area contributed by atoms with Crippen molar-refractivity contribution in [3.8, 4) is 0 Å². The van der Waals surface area contributed by atoms with Crippen molar-refractivity contribution in [1.82, 2.24) is 4.98 Å². The summed E-state index contributed by atoms with van der Waals surface area (Å²) in [4.78, 5) is 4.42. The Labute approximate surface area is 88.9 Å². The quantitative estimate of drug-likeness (QED) is 0.751. The first-order chi connectivity index (χ1) is 6.33. The van der Waals surface area contributed by atoms with Gasteiger partial charge in [-0.25, -0.2) is 4.98 Å². The third-order valence-electron chi connectivity index (χ3n) is 2.43. The molecule has 0 aliphatic heterocycles. The van der Waals surface area contributed by atoms with Crippen LogP contribution in [-0.4, -0.2) is 4.98 Å². The lowest BCUT2D eigenvalue weighted by Crippen LogP contribution is -1.77. The molecule has 3 rings (SSSR count). The Morgan fingerprint density at radius 3 is 3.00 bits per heavy atom. The minimum atomic E-state index is 0.824. The molecule has 2 aromatic rings. The Hall–Kier alpha value is -0.410. The Morgan fingerprint density at radius 1 is 1.38 bits per heavy atom. The number of nitrogens with zero attached hydrogens (tertiary/aromatic N) is 1. The van der Waals surface area contributed by atoms with Gasteiger partial charge in [-0.05, 0) is 52.4 Å². The van der Waals surface area contributed by atoms with Crippen LogP contribution in [0.1, 0.15) is 24.3 Å². The second-order valence-electron chi connectivity index (χ2n) is 3.47. The highest BCUT2D eigenvalue weighted by Crippen LogP contribution is 2.41. The van der Waals surface area contributed by atoms with E-state index in [-0.39, 0.29) is 0 Å². The van der Waals surface area contributed by atoms with Crippen LogP contribution in [0.4, 0.5) is 0 Å². The highest BCUT2D eigenvalue weighted by molar-refractivity contribution is 9.11. The van der Waals surface area contributed by atoms with E-state index in [0.29, 0.717) is 0 Å². The van der Waals surface area contributed by atoms with Crippen molar-refractivity contribution in [2.45, 2.75) is 18.8 Å². The molecular formula is C10H8BrNS. The maximum atomic E-state index is 4.42. The summed E-state index contributed by atoms with van der Waals surface area (Å²) in [6.45, 7) is 0. The van der Waals surface area contributed by atoms with E-state index in [1.165, 1.54) is 23.1 Å². The van der Waals surface area contributed by atoms with Gasteiger partial charge in [0.25, 0.3) is 0 Å². The van der Waals surface area contributed by atoms with E-state index >= 15 is 0 Å². The molecule has 13 heavy (non-hydrogen) atoms. The van der Waals surface area contributed by atoms with Gasteiger partial charge in [0.2, 0.25) is 0 Å². The molecule has 1 saturated carbocycles. The lowest BCUT2D eigenvalue weighted by atomic mass is 10.1. The smallest absolute Gasteiger partial charge is 0.160 e. The second kappa shape index (κ2) is 2.79. The van der Waals surface area contributed by atoms with Gasteiger partial charge in [-0.15, -0.1) is 11.3 Å². The van der Waals surface area contributed by atoms with Gasteiger partial charge >= 0.3 is 0 Å². The van der Waals surface area contributed by atoms with Crippen LogP contribution in [0.5, 0.6) is 0 Å². The number of hydrogen-bond acceptors (Lipinski definition) is 2. The average molecular weight is 254 g/mol. The van der Waals surface area contributed by atoms with Crippen molar-refractivity contribution in [3.05, 3.63) is 27.7 Å². The molecular weight excluding hydrogens is 246 g/mol. The summed E-state index contributed by atoms with van der Waals surface area (Å²) >= 11 is 5.11. The first kappa shape index (κ1) is 7.94. The van der Waals surface area contributed by atoms with E-state index in [1.54, 1.807) is 11.3 Å². The molecule has 1 aliphatic rings. The minimum absolute atomic E-state index is 0.824. The number of hydrogen-bond donors (Lipinski definition) is 0. The fraction of sp³-hybridized carbons (Fsp3) is 0.300. The van der Waals surface area contributed by atoms with Crippen LogP contribution in [0, 0.1) is 0 Å². The molecule has 1 aromatic carbocycles. The number of rotatable bonds is 1. The highest BCUT2D eigenvalue weighted by Gasteiger charge is 2.23. The molecule has 0 saturated heterocycles. The summed E-state index contributed by atoms with van der Waals surface area (Å²) in [5.41, 5.74) is 2.60. The molecule has 0 atom stereocenters. The minimum Gasteiger partial charge on any atom is -0.229 e. The zero-order valence-corrected chi connectivity index (χ0v) is 9.36. The highest BCUT2D eigenvalue weighted by atomic mass is 79.9. The second-order valence-corrected chi connectivity index (χ2v) is 5.77. The fourth-order valence-corrected chi connectivity index (χ4v) is 2.97. The molecule has 1 nitrogen and oxygen atoms in total. The zero-order valence-electron chi connectivity index (χ0n) is 6.96. The van der Waals surface area contributed by atoms with Crippen molar-refractivity contribution < 1.29 is 0 Å². The van der Waals surface area contributed by atoms with E-state index in [9.17, 15) is 0 Å². The van der Waals surface area contributed by atoms with Gasteiger partial charge in [-0.1, -0.05) is 6.07 Å². The molecule has 3 heteroatoms. The third kappa shape index (κ3) is 1.40. The SMILES string of the molecule is Brc1nc2cc(C3CC3)ccc2s1. The summed E-state index contributed by atoms with van der Waals surface area (Å²) in [5, 5.41) is 0. The average Bonchev–Trinajstić information content (AvgIpc) is 2.87. The Kier molecular flexibility index (Phi) is 1.70. The van der Waals surface area contributed by atoms with Crippen molar-refractivity contribution in [1.29, 1.82) is 0 Å². The molecule has 0 bridgehead atoms. The fourth-order valence-electron chi connectivity index (χ4n) is 1.59. The summed E-state index contributed by atoms with van der Waals surface area (Å²) in [5.74, 6) is 0.824. The summed E-state index contributed by atoms with van der Waals surface area (Å²) in [7, 11) is 0. The molecule has 0 spiro atoms. The lowest BCUT2D eigenvalue weighted by molar-refractivity contribution is 1.13. The number of thiazole rings is 1. The van der Waals surface area contributed by atoms with Gasteiger partial charge in [0.1, 0.15) is 0 Å². The normalized spacial score (nSPS) is 16.7. The van der Waals surface area contributed by atoms with Crippen molar-refractivity contribution in [2.75, 3.05) is 0 Å². The molecule has 1 aromatic heterocycles. The Morgan fingerprint density at radius 2 is 2.23 bits per heavy atom. The molecule has 1 fully saturated rings. The monoisotopic (exact) mass is 253 g/mol. The lowest BCUT2D eigenvalue weighted by Gasteiger charge is -1.95. The Bertz CT molecular complexity index is 459. The van der Waals surface area contributed by atoms with Crippen LogP contribution < -0.4 is 0 Å². The van der Waals surface area contributed by atoms with Gasteiger partial charge in [0.05, 0.1) is 10.2 Å². The molecule has 0 unspecified atom stereocenters. The molecule has 0 radical (unpaired) electrons. The van der Waals surface area contributed by atoms with E-state index < -0.39 is 0 Å². The number of fused-ring (bicyclic) bond motifs is 1. The van der Waals surface area contributed by atoms with Crippen molar-refractivity contribution in [3.63, 3.8) is 0 Å². The molecule has 66 valence electrons. The van der Waals surface area contributed by atoms with Crippen molar-refractivity contribution in [2.24, 2.45) is 0 Å². The summed E-state index contributed by atoms with van der Waals surface area (Å²) < 4.78 is 2.26. The van der Waals surface area contributed by atoms with Crippen LogP contribution in [0.2, 0.25) is 0 Å². The maximum Gasteiger partial charge on any atom is 0.160 e. The predicted molar refractivity (Wildman–Crippen MR) is 59.3 cm³/mol. The van der Waals surface area contributed by atoms with Gasteiger partial charge in [-0.2, -0.15) is 0 Å². The molecule has 1 aliphatic carbocycles. The van der Waals surface area contributed by atoms with E-state index in [4.69, 9.17) is 0 Å². The maximum absolute atomic E-state index is 4.42. The van der Waals surface area contributed by atoms with Crippen LogP contribution in [0.25, 0.3) is 10.2 Å². The standard InChI is InChI=1S/C10H8BrNS/c11-10-12-8-5-7(6-1-2-6)3-4-9(8)13-10/h3-6H,1-2H2.